The average Bonchev–Trinajstić information content (AvgIpc) is 2.75. The predicted octanol–water partition coefficient (Wildman–Crippen LogP) is 3.51. The number of nitrogens with zero attached hydrogens (tertiary/aromatic N) is 2. The van der Waals surface area contributed by atoms with E-state index in [4.69, 9.17) is 0 Å². The molecular formula is C13H15BrN2. The topological polar surface area (TPSA) is 17.8 Å². The van der Waals surface area contributed by atoms with Crippen molar-refractivity contribution in [3.05, 3.63) is 47.8 Å². The molecule has 0 atom stereocenters. The van der Waals surface area contributed by atoms with Crippen LogP contribution in [0, 0.1) is 6.92 Å². The molecule has 3 heteroatoms. The molecular weight excluding hydrogens is 264 g/mol. The molecule has 84 valence electrons. The van der Waals surface area contributed by atoms with Gasteiger partial charge in [-0.2, -0.15) is 5.10 Å². The minimum absolute atomic E-state index is 1.04. The summed E-state index contributed by atoms with van der Waals surface area (Å²) in [6.45, 7) is 2.10. The quantitative estimate of drug-likeness (QED) is 0.783. The molecule has 0 bridgehead atoms. The van der Waals surface area contributed by atoms with E-state index in [1.807, 2.05) is 10.9 Å². The number of aryl methyl sites for hydroxylation is 2. The van der Waals surface area contributed by atoms with E-state index in [2.05, 4.69) is 58.4 Å². The first-order chi connectivity index (χ1) is 7.79. The summed E-state index contributed by atoms with van der Waals surface area (Å²) in [7, 11) is 0. The smallest absolute Gasteiger partial charge is 0.0648 e. The Morgan fingerprint density at radius 3 is 3.00 bits per heavy atom. The van der Waals surface area contributed by atoms with Gasteiger partial charge in [0, 0.05) is 11.5 Å². The maximum atomic E-state index is 4.38. The van der Waals surface area contributed by atoms with E-state index < -0.39 is 0 Å². The molecule has 0 aliphatic rings. The highest BCUT2D eigenvalue weighted by molar-refractivity contribution is 9.09. The Morgan fingerprint density at radius 1 is 1.38 bits per heavy atom. The lowest BCUT2D eigenvalue weighted by Gasteiger charge is -2.01. The van der Waals surface area contributed by atoms with Crippen molar-refractivity contribution in [1.82, 2.24) is 9.78 Å². The van der Waals surface area contributed by atoms with E-state index in [-0.39, 0.29) is 0 Å². The maximum Gasteiger partial charge on any atom is 0.0648 e. The molecule has 0 fully saturated rings. The van der Waals surface area contributed by atoms with Gasteiger partial charge in [0.2, 0.25) is 0 Å². The Kier molecular flexibility index (Phi) is 3.78. The lowest BCUT2D eigenvalue weighted by molar-refractivity contribution is 0.876. The van der Waals surface area contributed by atoms with Gasteiger partial charge in [-0.1, -0.05) is 28.1 Å². The minimum Gasteiger partial charge on any atom is -0.241 e. The third kappa shape index (κ3) is 2.73. The largest absolute Gasteiger partial charge is 0.241 e. The van der Waals surface area contributed by atoms with E-state index in [9.17, 15) is 0 Å². The summed E-state index contributed by atoms with van der Waals surface area (Å²) in [5.74, 6) is 0. The summed E-state index contributed by atoms with van der Waals surface area (Å²) < 4.78 is 1.94. The molecule has 2 aromatic rings. The molecule has 0 radical (unpaired) electrons. The standard InChI is InChI=1S/C13H15BrN2/c1-11-4-2-6-13(8-11)16-10-12(9-15-16)5-3-7-14/h2,4,6,8-10H,3,5,7H2,1H3. The molecule has 0 N–H and O–H groups in total. The zero-order valence-corrected chi connectivity index (χ0v) is 10.9. The fraction of sp³-hybridized carbons (Fsp3) is 0.308. The van der Waals surface area contributed by atoms with Gasteiger partial charge >= 0.3 is 0 Å². The molecule has 2 nitrogen and oxygen atoms in total. The third-order valence-electron chi connectivity index (χ3n) is 2.50. The molecule has 0 amide bonds. The number of benzene rings is 1. The molecule has 0 spiro atoms. The van der Waals surface area contributed by atoms with E-state index in [1.165, 1.54) is 11.1 Å². The summed E-state index contributed by atoms with van der Waals surface area (Å²) in [6.07, 6.45) is 6.29. The van der Waals surface area contributed by atoms with E-state index >= 15 is 0 Å². The Bertz CT molecular complexity index is 462. The molecule has 0 saturated heterocycles. The number of alkyl halides is 1. The average molecular weight is 279 g/mol. The number of halogens is 1. The lowest BCUT2D eigenvalue weighted by Crippen LogP contribution is -1.94. The molecule has 0 unspecified atom stereocenters. The van der Waals surface area contributed by atoms with Crippen LogP contribution in [0.4, 0.5) is 0 Å². The van der Waals surface area contributed by atoms with Gasteiger partial charge in [0.05, 0.1) is 11.9 Å². The molecule has 0 saturated carbocycles. The number of hydrogen-bond donors (Lipinski definition) is 0. The summed E-state index contributed by atoms with van der Waals surface area (Å²) in [5, 5.41) is 5.43. The van der Waals surface area contributed by atoms with Gasteiger partial charge in [0.1, 0.15) is 0 Å². The highest BCUT2D eigenvalue weighted by Crippen LogP contribution is 2.11. The van der Waals surface area contributed by atoms with Crippen LogP contribution in [0.5, 0.6) is 0 Å². The molecule has 0 aliphatic carbocycles. The molecule has 16 heavy (non-hydrogen) atoms. The third-order valence-corrected chi connectivity index (χ3v) is 3.06. The summed E-state index contributed by atoms with van der Waals surface area (Å²) in [5.41, 5.74) is 3.68. The van der Waals surface area contributed by atoms with Gasteiger partial charge < -0.3 is 0 Å². The van der Waals surface area contributed by atoms with Crippen LogP contribution in [0.2, 0.25) is 0 Å². The van der Waals surface area contributed by atoms with Crippen LogP contribution in [-0.2, 0) is 6.42 Å². The molecule has 0 aliphatic heterocycles. The predicted molar refractivity (Wildman–Crippen MR) is 70.4 cm³/mol. The van der Waals surface area contributed by atoms with Crippen LogP contribution in [0.15, 0.2) is 36.7 Å². The highest BCUT2D eigenvalue weighted by Gasteiger charge is 2.00. The van der Waals surface area contributed by atoms with Crippen LogP contribution < -0.4 is 0 Å². The van der Waals surface area contributed by atoms with Crippen LogP contribution in [0.3, 0.4) is 0 Å². The Hall–Kier alpha value is -1.09. The van der Waals surface area contributed by atoms with Gasteiger partial charge in [-0.3, -0.25) is 0 Å². The Balaban J connectivity index is 2.18. The fourth-order valence-corrected chi connectivity index (χ4v) is 1.95. The number of aromatic nitrogens is 2. The van der Waals surface area contributed by atoms with Crippen molar-refractivity contribution >= 4 is 15.9 Å². The van der Waals surface area contributed by atoms with Crippen molar-refractivity contribution in [1.29, 1.82) is 0 Å². The molecule has 1 aromatic heterocycles. The van der Waals surface area contributed by atoms with Crippen LogP contribution in [0.25, 0.3) is 5.69 Å². The van der Waals surface area contributed by atoms with Crippen molar-refractivity contribution in [2.24, 2.45) is 0 Å². The van der Waals surface area contributed by atoms with Crippen molar-refractivity contribution in [2.75, 3.05) is 5.33 Å². The van der Waals surface area contributed by atoms with Crippen molar-refractivity contribution < 1.29 is 0 Å². The maximum absolute atomic E-state index is 4.38. The van der Waals surface area contributed by atoms with Crippen molar-refractivity contribution in [3.63, 3.8) is 0 Å². The number of hydrogen-bond acceptors (Lipinski definition) is 1. The van der Waals surface area contributed by atoms with Crippen molar-refractivity contribution in [2.45, 2.75) is 19.8 Å². The summed E-state index contributed by atoms with van der Waals surface area (Å²) in [4.78, 5) is 0. The lowest BCUT2D eigenvalue weighted by atomic mass is 10.2. The molecule has 1 aromatic carbocycles. The second kappa shape index (κ2) is 5.30. The Morgan fingerprint density at radius 2 is 2.25 bits per heavy atom. The second-order valence-corrected chi connectivity index (χ2v) is 4.72. The number of rotatable bonds is 4. The second-order valence-electron chi connectivity index (χ2n) is 3.92. The van der Waals surface area contributed by atoms with E-state index in [0.29, 0.717) is 0 Å². The monoisotopic (exact) mass is 278 g/mol. The fourth-order valence-electron chi connectivity index (χ4n) is 1.67. The molecule has 2 rings (SSSR count). The molecule has 1 heterocycles. The van der Waals surface area contributed by atoms with Crippen LogP contribution in [-0.4, -0.2) is 15.1 Å². The SMILES string of the molecule is Cc1cccc(-n2cc(CCCBr)cn2)c1. The van der Waals surface area contributed by atoms with Crippen LogP contribution >= 0.6 is 15.9 Å². The van der Waals surface area contributed by atoms with Gasteiger partial charge in [-0.25, -0.2) is 4.68 Å². The first-order valence-corrected chi connectivity index (χ1v) is 6.58. The summed E-state index contributed by atoms with van der Waals surface area (Å²) >= 11 is 3.44. The van der Waals surface area contributed by atoms with Gasteiger partial charge in [0.15, 0.2) is 0 Å². The normalized spacial score (nSPS) is 10.6. The van der Waals surface area contributed by atoms with E-state index in [1.54, 1.807) is 0 Å². The first-order valence-electron chi connectivity index (χ1n) is 5.46. The zero-order valence-electron chi connectivity index (χ0n) is 9.36. The van der Waals surface area contributed by atoms with Gasteiger partial charge in [-0.05, 0) is 43.0 Å². The Labute approximate surface area is 104 Å². The first kappa shape index (κ1) is 11.4. The van der Waals surface area contributed by atoms with Gasteiger partial charge in [0.25, 0.3) is 0 Å². The van der Waals surface area contributed by atoms with Gasteiger partial charge in [-0.15, -0.1) is 0 Å². The zero-order chi connectivity index (χ0) is 11.4. The van der Waals surface area contributed by atoms with Crippen LogP contribution in [0.1, 0.15) is 17.5 Å². The van der Waals surface area contributed by atoms with E-state index in [0.717, 1.165) is 23.9 Å². The minimum atomic E-state index is 1.04. The highest BCUT2D eigenvalue weighted by atomic mass is 79.9. The van der Waals surface area contributed by atoms with Crippen molar-refractivity contribution in [3.8, 4) is 5.69 Å². The summed E-state index contributed by atoms with van der Waals surface area (Å²) in [6, 6.07) is 8.37.